The van der Waals surface area contributed by atoms with Gasteiger partial charge in [0.2, 0.25) is 5.91 Å². The van der Waals surface area contributed by atoms with Crippen LogP contribution in [0.2, 0.25) is 0 Å². The molecule has 2 heterocycles. The maximum absolute atomic E-state index is 12.8. The number of allylic oxidation sites excluding steroid dienone is 1. The molecule has 0 N–H and O–H groups in total. The Labute approximate surface area is 164 Å². The average molecular weight is 439 g/mol. The highest BCUT2D eigenvalue weighted by atomic mass is 79.9. The number of benzene rings is 1. The first-order valence-electron chi connectivity index (χ1n) is 8.18. The van der Waals surface area contributed by atoms with Crippen LogP contribution in [-0.2, 0) is 19.1 Å². The second-order valence-corrected chi connectivity index (χ2v) is 7.82. The summed E-state index contributed by atoms with van der Waals surface area (Å²) < 4.78 is 11.2. The summed E-state index contributed by atoms with van der Waals surface area (Å²) in [6.07, 6.45) is 0.418. The molecule has 8 heteroatoms. The monoisotopic (exact) mass is 438 g/mol. The molecule has 0 aliphatic carbocycles. The summed E-state index contributed by atoms with van der Waals surface area (Å²) in [4.78, 5) is 31.5. The van der Waals surface area contributed by atoms with Gasteiger partial charge in [-0.3, -0.25) is 9.69 Å². The van der Waals surface area contributed by atoms with Gasteiger partial charge < -0.3 is 9.47 Å². The number of carbonyl (C=O) groups excluding carboxylic acids is 2. The van der Waals surface area contributed by atoms with E-state index in [2.05, 4.69) is 20.9 Å². The number of halogens is 1. The Hall–Kier alpha value is -1.64. The summed E-state index contributed by atoms with van der Waals surface area (Å²) in [7, 11) is 1.55. The second kappa shape index (κ2) is 8.37. The van der Waals surface area contributed by atoms with Gasteiger partial charge >= 0.3 is 5.97 Å². The fraction of sp³-hybridized carbons (Fsp3) is 0.389. The van der Waals surface area contributed by atoms with E-state index in [4.69, 9.17) is 9.47 Å². The number of rotatable bonds is 5. The first kappa shape index (κ1) is 19.1. The molecule has 26 heavy (non-hydrogen) atoms. The highest BCUT2D eigenvalue weighted by Gasteiger charge is 2.41. The van der Waals surface area contributed by atoms with Crippen molar-refractivity contribution in [3.05, 3.63) is 45.6 Å². The zero-order valence-corrected chi connectivity index (χ0v) is 16.9. The molecule has 0 unspecified atom stereocenters. The molecule has 2 aliphatic rings. The van der Waals surface area contributed by atoms with Gasteiger partial charge in [-0.25, -0.2) is 9.79 Å². The van der Waals surface area contributed by atoms with Gasteiger partial charge in [0.05, 0.1) is 23.9 Å². The van der Waals surface area contributed by atoms with Crippen molar-refractivity contribution in [1.82, 2.24) is 4.90 Å². The number of thioether (sulfide) groups is 1. The molecule has 6 nitrogen and oxygen atoms in total. The number of esters is 1. The van der Waals surface area contributed by atoms with Crippen molar-refractivity contribution < 1.29 is 19.1 Å². The Bertz CT molecular complexity index is 776. The number of ether oxygens (including phenoxy) is 2. The van der Waals surface area contributed by atoms with Crippen molar-refractivity contribution in [3.63, 3.8) is 0 Å². The molecule has 0 aromatic heterocycles. The molecule has 1 atom stereocenters. The van der Waals surface area contributed by atoms with Crippen LogP contribution in [0.15, 0.2) is 45.0 Å². The third kappa shape index (κ3) is 3.87. The van der Waals surface area contributed by atoms with Crippen LogP contribution in [0.4, 0.5) is 0 Å². The largest absolute Gasteiger partial charge is 0.460 e. The van der Waals surface area contributed by atoms with Crippen LogP contribution in [0.25, 0.3) is 0 Å². The van der Waals surface area contributed by atoms with Gasteiger partial charge in [0, 0.05) is 23.8 Å². The highest BCUT2D eigenvalue weighted by molar-refractivity contribution is 9.10. The Morgan fingerprint density at radius 3 is 2.77 bits per heavy atom. The van der Waals surface area contributed by atoms with Crippen molar-refractivity contribution in [2.45, 2.75) is 19.4 Å². The van der Waals surface area contributed by atoms with E-state index in [1.807, 2.05) is 24.3 Å². The molecule has 1 saturated heterocycles. The van der Waals surface area contributed by atoms with Crippen LogP contribution >= 0.6 is 27.7 Å². The topological polar surface area (TPSA) is 68.2 Å². The number of amides is 1. The van der Waals surface area contributed by atoms with Crippen LogP contribution in [0.3, 0.4) is 0 Å². The van der Waals surface area contributed by atoms with Gasteiger partial charge in [0.25, 0.3) is 0 Å². The van der Waals surface area contributed by atoms with E-state index in [0.29, 0.717) is 35.2 Å². The Kier molecular flexibility index (Phi) is 6.16. The Balaban J connectivity index is 2.03. The zero-order valence-electron chi connectivity index (χ0n) is 14.5. The number of hydrogen-bond donors (Lipinski definition) is 0. The normalized spacial score (nSPS) is 20.0. The van der Waals surface area contributed by atoms with Crippen molar-refractivity contribution in [3.8, 4) is 0 Å². The number of aliphatic imine (C=N–C) groups is 1. The lowest BCUT2D eigenvalue weighted by molar-refractivity contribution is -0.141. The van der Waals surface area contributed by atoms with Gasteiger partial charge in [0.15, 0.2) is 5.17 Å². The predicted octanol–water partition coefficient (Wildman–Crippen LogP) is 3.29. The van der Waals surface area contributed by atoms with E-state index in [-0.39, 0.29) is 12.5 Å². The molecule has 0 saturated carbocycles. The van der Waals surface area contributed by atoms with Gasteiger partial charge in [0.1, 0.15) is 6.61 Å². The van der Waals surface area contributed by atoms with Crippen LogP contribution in [0.5, 0.6) is 0 Å². The number of hydrogen-bond acceptors (Lipinski definition) is 6. The standard InChI is InChI=1S/C18H19BrN2O4S/c1-11-15(17(23)25-9-8-24-2)16(12-3-5-13(19)6-4-12)21-14(22)7-10-26-18(21)20-11/h3-6,16H,7-10H2,1-2H3/t16-/m0/s1. The first-order valence-corrected chi connectivity index (χ1v) is 9.96. The fourth-order valence-electron chi connectivity index (χ4n) is 2.91. The molecule has 0 spiro atoms. The lowest BCUT2D eigenvalue weighted by Gasteiger charge is -2.38. The second-order valence-electron chi connectivity index (χ2n) is 5.84. The fourth-order valence-corrected chi connectivity index (χ4v) is 4.18. The molecular formula is C18H19BrN2O4S. The summed E-state index contributed by atoms with van der Waals surface area (Å²) in [5.74, 6) is 0.186. The summed E-state index contributed by atoms with van der Waals surface area (Å²) in [6.45, 7) is 2.25. The lowest BCUT2D eigenvalue weighted by atomic mass is 9.94. The van der Waals surface area contributed by atoms with Crippen LogP contribution in [0.1, 0.15) is 24.9 Å². The number of nitrogens with zero attached hydrogens (tertiary/aromatic N) is 2. The SMILES string of the molecule is COCCOC(=O)C1=C(C)N=C2SCCC(=O)N2[C@H]1c1ccc(Br)cc1. The third-order valence-corrected chi connectivity index (χ3v) is 5.62. The average Bonchev–Trinajstić information content (AvgIpc) is 2.61. The molecule has 0 bridgehead atoms. The van der Waals surface area contributed by atoms with Crippen molar-refractivity contribution in [1.29, 1.82) is 0 Å². The molecule has 2 aliphatic heterocycles. The molecule has 3 rings (SSSR count). The maximum Gasteiger partial charge on any atom is 0.338 e. The van der Waals surface area contributed by atoms with E-state index in [1.54, 1.807) is 18.9 Å². The van der Waals surface area contributed by atoms with E-state index in [0.717, 1.165) is 10.0 Å². The zero-order chi connectivity index (χ0) is 18.7. The minimum Gasteiger partial charge on any atom is -0.460 e. The smallest absolute Gasteiger partial charge is 0.338 e. The lowest BCUT2D eigenvalue weighted by Crippen LogP contribution is -2.45. The van der Waals surface area contributed by atoms with Crippen molar-refractivity contribution in [2.24, 2.45) is 4.99 Å². The number of fused-ring (bicyclic) bond motifs is 1. The van der Waals surface area contributed by atoms with E-state index >= 15 is 0 Å². The predicted molar refractivity (Wildman–Crippen MR) is 104 cm³/mol. The summed E-state index contributed by atoms with van der Waals surface area (Å²) in [6, 6.07) is 7.06. The van der Waals surface area contributed by atoms with E-state index < -0.39 is 12.0 Å². The van der Waals surface area contributed by atoms with Crippen LogP contribution in [0, 0.1) is 0 Å². The third-order valence-electron chi connectivity index (χ3n) is 4.13. The van der Waals surface area contributed by atoms with Crippen LogP contribution in [-0.4, -0.2) is 48.0 Å². The number of carbonyl (C=O) groups is 2. The highest BCUT2D eigenvalue weighted by Crippen LogP contribution is 2.40. The van der Waals surface area contributed by atoms with Gasteiger partial charge in [-0.05, 0) is 24.6 Å². The molecule has 138 valence electrons. The first-order chi connectivity index (χ1) is 12.5. The van der Waals surface area contributed by atoms with Gasteiger partial charge in [-0.1, -0.05) is 39.8 Å². The van der Waals surface area contributed by atoms with Crippen molar-refractivity contribution >= 4 is 44.7 Å². The summed E-state index contributed by atoms with van der Waals surface area (Å²) in [5, 5.41) is 0.639. The minimum atomic E-state index is -0.536. The molecule has 1 aromatic carbocycles. The molecule has 1 aromatic rings. The number of methoxy groups -OCH3 is 1. The molecule has 1 fully saturated rings. The molecular weight excluding hydrogens is 420 g/mol. The number of amidine groups is 1. The van der Waals surface area contributed by atoms with Gasteiger partial charge in [-0.2, -0.15) is 0 Å². The van der Waals surface area contributed by atoms with Crippen LogP contribution < -0.4 is 0 Å². The molecule has 0 radical (unpaired) electrons. The minimum absolute atomic E-state index is 0.0369. The van der Waals surface area contributed by atoms with E-state index in [9.17, 15) is 9.59 Å². The van der Waals surface area contributed by atoms with E-state index in [1.165, 1.54) is 11.8 Å². The Morgan fingerprint density at radius 1 is 1.35 bits per heavy atom. The Morgan fingerprint density at radius 2 is 2.08 bits per heavy atom. The summed E-state index contributed by atoms with van der Waals surface area (Å²) >= 11 is 4.95. The van der Waals surface area contributed by atoms with Gasteiger partial charge in [-0.15, -0.1) is 0 Å². The molecule has 1 amide bonds. The van der Waals surface area contributed by atoms with Crippen molar-refractivity contribution in [2.75, 3.05) is 26.1 Å². The quantitative estimate of drug-likeness (QED) is 0.521. The maximum atomic E-state index is 12.8. The summed E-state index contributed by atoms with van der Waals surface area (Å²) in [5.41, 5.74) is 1.81.